The van der Waals surface area contributed by atoms with Gasteiger partial charge in [0, 0.05) is 18.3 Å². The summed E-state index contributed by atoms with van der Waals surface area (Å²) in [6, 6.07) is 13.4. The first-order valence-corrected chi connectivity index (χ1v) is 10.9. The molecule has 1 aromatic carbocycles. The Morgan fingerprint density at radius 1 is 1.03 bits per heavy atom. The summed E-state index contributed by atoms with van der Waals surface area (Å²) in [6.45, 7) is 4.17. The number of nitrogens with one attached hydrogen (secondary N) is 2. The number of benzene rings is 1. The van der Waals surface area contributed by atoms with Gasteiger partial charge >= 0.3 is 0 Å². The zero-order valence-corrected chi connectivity index (χ0v) is 19.2. The molecule has 0 unspecified atom stereocenters. The second-order valence-electron chi connectivity index (χ2n) is 7.60. The first-order chi connectivity index (χ1) is 16.9. The molecule has 0 fully saturated rings. The van der Waals surface area contributed by atoms with Crippen LogP contribution in [0.15, 0.2) is 69.8 Å². The fourth-order valence-electron chi connectivity index (χ4n) is 3.21. The van der Waals surface area contributed by atoms with Crippen LogP contribution in [0.5, 0.6) is 5.75 Å². The molecule has 0 saturated carbocycles. The normalized spacial score (nSPS) is 10.7. The van der Waals surface area contributed by atoms with E-state index in [2.05, 4.69) is 15.7 Å². The lowest BCUT2D eigenvalue weighted by atomic mass is 10.1. The predicted octanol–water partition coefficient (Wildman–Crippen LogP) is 4.05. The first-order valence-electron chi connectivity index (χ1n) is 10.9. The molecule has 3 aromatic heterocycles. The van der Waals surface area contributed by atoms with E-state index in [1.54, 1.807) is 53.3 Å². The minimum atomic E-state index is -0.530. The number of Topliss-reactive ketones (excluding diaryl/α,β-unsaturated/α-hetero) is 1. The quantitative estimate of drug-likeness (QED) is 0.330. The van der Waals surface area contributed by atoms with Gasteiger partial charge in [-0.1, -0.05) is 0 Å². The molecule has 2 N–H and O–H groups in total. The van der Waals surface area contributed by atoms with E-state index >= 15 is 0 Å². The van der Waals surface area contributed by atoms with Gasteiger partial charge in [0.25, 0.3) is 11.8 Å². The number of carbonyl (C=O) groups excluding carboxylic acids is 3. The Kier molecular flexibility index (Phi) is 7.10. The monoisotopic (exact) mass is 476 g/mol. The molecule has 0 aliphatic rings. The maximum atomic E-state index is 12.8. The van der Waals surface area contributed by atoms with Crippen LogP contribution in [0, 0.1) is 0 Å². The summed E-state index contributed by atoms with van der Waals surface area (Å²) in [6.07, 6.45) is 3.10. The summed E-state index contributed by atoms with van der Waals surface area (Å²) in [4.78, 5) is 36.8. The smallest absolute Gasteiger partial charge is 0.291 e. The van der Waals surface area contributed by atoms with Crippen molar-refractivity contribution in [2.24, 2.45) is 0 Å². The molecule has 0 atom stereocenters. The molecule has 4 rings (SSSR count). The second kappa shape index (κ2) is 10.6. The lowest BCUT2D eigenvalue weighted by Crippen LogP contribution is -2.25. The molecule has 0 aliphatic carbocycles. The summed E-state index contributed by atoms with van der Waals surface area (Å²) < 4.78 is 18.0. The van der Waals surface area contributed by atoms with Crippen molar-refractivity contribution in [3.05, 3.63) is 89.5 Å². The number of rotatable bonds is 10. The molecule has 4 aromatic rings. The number of ether oxygens (including phenoxy) is 1. The van der Waals surface area contributed by atoms with Crippen molar-refractivity contribution in [3.63, 3.8) is 0 Å². The lowest BCUT2D eigenvalue weighted by Gasteiger charge is -2.05. The standard InChI is InChI=1S/C25H24N4O6/c1-3-29-14-21(23(28-29)25(32)26-13-19-5-4-12-33-19)27-24(31)22-11-10-20(35-22)15-34-18-8-6-17(7-9-18)16(2)30/h4-12,14H,3,13,15H2,1-2H3,(H,26,32)(H,27,31). The van der Waals surface area contributed by atoms with Gasteiger partial charge in [-0.25, -0.2) is 0 Å². The minimum absolute atomic E-state index is 0.0270. The Morgan fingerprint density at radius 2 is 1.83 bits per heavy atom. The van der Waals surface area contributed by atoms with Crippen LogP contribution in [-0.4, -0.2) is 27.4 Å². The van der Waals surface area contributed by atoms with E-state index in [1.165, 1.54) is 19.3 Å². The Labute approximate surface area is 200 Å². The molecular weight excluding hydrogens is 452 g/mol. The molecule has 0 spiro atoms. The number of nitrogens with zero attached hydrogens (tertiary/aromatic N) is 2. The van der Waals surface area contributed by atoms with Gasteiger partial charge in [0.15, 0.2) is 17.2 Å². The maximum absolute atomic E-state index is 12.8. The van der Waals surface area contributed by atoms with Gasteiger partial charge in [0.2, 0.25) is 0 Å². The molecule has 0 aliphatic heterocycles. The van der Waals surface area contributed by atoms with E-state index in [-0.39, 0.29) is 36.1 Å². The van der Waals surface area contributed by atoms with Crippen LogP contribution >= 0.6 is 0 Å². The molecule has 3 heterocycles. The van der Waals surface area contributed by atoms with E-state index in [0.717, 1.165) is 0 Å². The lowest BCUT2D eigenvalue weighted by molar-refractivity contribution is 0.0942. The second-order valence-corrected chi connectivity index (χ2v) is 7.60. The van der Waals surface area contributed by atoms with E-state index in [0.29, 0.717) is 29.4 Å². The number of anilines is 1. The largest absolute Gasteiger partial charge is 0.486 e. The van der Waals surface area contributed by atoms with E-state index in [1.807, 2.05) is 6.92 Å². The summed E-state index contributed by atoms with van der Waals surface area (Å²) in [5.41, 5.74) is 0.930. The van der Waals surface area contributed by atoms with Crippen LogP contribution in [-0.2, 0) is 19.7 Å². The van der Waals surface area contributed by atoms with Crippen molar-refractivity contribution < 1.29 is 28.0 Å². The van der Waals surface area contributed by atoms with Crippen LogP contribution in [0.2, 0.25) is 0 Å². The Hall–Kier alpha value is -4.60. The van der Waals surface area contributed by atoms with Crippen molar-refractivity contribution in [2.45, 2.75) is 33.5 Å². The third-order valence-electron chi connectivity index (χ3n) is 5.08. The average Bonchev–Trinajstić information content (AvgIpc) is 3.62. The highest BCUT2D eigenvalue weighted by Crippen LogP contribution is 2.19. The molecular formula is C25H24N4O6. The van der Waals surface area contributed by atoms with Gasteiger partial charge < -0.3 is 24.2 Å². The zero-order valence-electron chi connectivity index (χ0n) is 19.2. The fourth-order valence-corrected chi connectivity index (χ4v) is 3.21. The topological polar surface area (TPSA) is 129 Å². The number of hydrogen-bond acceptors (Lipinski definition) is 7. The Balaban J connectivity index is 1.38. The average molecular weight is 476 g/mol. The molecule has 2 amide bonds. The summed E-state index contributed by atoms with van der Waals surface area (Å²) in [5.74, 6) is 0.647. The van der Waals surface area contributed by atoms with Gasteiger partial charge in [-0.2, -0.15) is 5.10 Å². The van der Waals surface area contributed by atoms with E-state index < -0.39 is 11.8 Å². The minimum Gasteiger partial charge on any atom is -0.486 e. The number of hydrogen-bond donors (Lipinski definition) is 2. The van der Waals surface area contributed by atoms with Crippen LogP contribution in [0.25, 0.3) is 0 Å². The van der Waals surface area contributed by atoms with Crippen molar-refractivity contribution >= 4 is 23.3 Å². The number of ketones is 1. The molecule has 0 radical (unpaired) electrons. The molecule has 35 heavy (non-hydrogen) atoms. The number of aromatic nitrogens is 2. The summed E-state index contributed by atoms with van der Waals surface area (Å²) in [5, 5.41) is 9.65. The molecule has 10 heteroatoms. The van der Waals surface area contributed by atoms with Crippen molar-refractivity contribution in [2.75, 3.05) is 5.32 Å². The molecule has 180 valence electrons. The number of carbonyl (C=O) groups is 3. The van der Waals surface area contributed by atoms with Gasteiger partial charge in [-0.05, 0) is 62.4 Å². The van der Waals surface area contributed by atoms with Crippen molar-refractivity contribution in [1.29, 1.82) is 0 Å². The highest BCUT2D eigenvalue weighted by Gasteiger charge is 2.21. The SMILES string of the molecule is CCn1cc(NC(=O)c2ccc(COc3ccc(C(C)=O)cc3)o2)c(C(=O)NCc2ccco2)n1. The number of furan rings is 2. The van der Waals surface area contributed by atoms with E-state index in [4.69, 9.17) is 13.6 Å². The number of amides is 2. The molecule has 0 saturated heterocycles. The molecule has 10 nitrogen and oxygen atoms in total. The highest BCUT2D eigenvalue weighted by molar-refractivity contribution is 6.07. The third-order valence-corrected chi connectivity index (χ3v) is 5.08. The Morgan fingerprint density at radius 3 is 2.51 bits per heavy atom. The van der Waals surface area contributed by atoms with Crippen LogP contribution in [0.3, 0.4) is 0 Å². The van der Waals surface area contributed by atoms with Crippen molar-refractivity contribution in [1.82, 2.24) is 15.1 Å². The summed E-state index contributed by atoms with van der Waals surface area (Å²) >= 11 is 0. The van der Waals surface area contributed by atoms with Gasteiger partial charge in [-0.15, -0.1) is 0 Å². The van der Waals surface area contributed by atoms with Crippen LogP contribution < -0.4 is 15.4 Å². The highest BCUT2D eigenvalue weighted by atomic mass is 16.5. The number of aryl methyl sites for hydroxylation is 1. The Bertz CT molecular complexity index is 1320. The zero-order chi connectivity index (χ0) is 24.8. The van der Waals surface area contributed by atoms with Gasteiger partial charge in [0.05, 0.1) is 18.5 Å². The molecule has 0 bridgehead atoms. The third kappa shape index (κ3) is 5.85. The summed E-state index contributed by atoms with van der Waals surface area (Å²) in [7, 11) is 0. The van der Waals surface area contributed by atoms with Crippen molar-refractivity contribution in [3.8, 4) is 5.75 Å². The predicted molar refractivity (Wildman–Crippen MR) is 125 cm³/mol. The maximum Gasteiger partial charge on any atom is 0.291 e. The van der Waals surface area contributed by atoms with Gasteiger partial charge in [0.1, 0.15) is 23.9 Å². The first kappa shape index (κ1) is 23.6. The van der Waals surface area contributed by atoms with Gasteiger partial charge in [-0.3, -0.25) is 19.1 Å². The van der Waals surface area contributed by atoms with Crippen LogP contribution in [0.1, 0.15) is 56.8 Å². The van der Waals surface area contributed by atoms with Crippen LogP contribution in [0.4, 0.5) is 5.69 Å². The fraction of sp³-hybridized carbons (Fsp3) is 0.200. The van der Waals surface area contributed by atoms with E-state index in [9.17, 15) is 14.4 Å².